The van der Waals surface area contributed by atoms with Crippen LogP contribution in [0.5, 0.6) is 0 Å². The number of thioether (sulfide) groups is 1. The van der Waals surface area contributed by atoms with E-state index in [1.165, 1.54) is 17.8 Å². The predicted octanol–water partition coefficient (Wildman–Crippen LogP) is 3.99. The van der Waals surface area contributed by atoms with Crippen molar-refractivity contribution in [2.75, 3.05) is 37.9 Å². The fraction of sp³-hybridized carbons (Fsp3) is 0.400. The molecule has 0 N–H and O–H groups in total. The Kier molecular flexibility index (Phi) is 7.84. The molecule has 9 heteroatoms. The van der Waals surface area contributed by atoms with Gasteiger partial charge in [-0.3, -0.25) is 4.79 Å². The molecular weight excluding hydrogens is 453 g/mol. The van der Waals surface area contributed by atoms with Gasteiger partial charge >= 0.3 is 0 Å². The molecule has 0 aliphatic carbocycles. The van der Waals surface area contributed by atoms with Gasteiger partial charge in [-0.15, -0.1) is 10.2 Å². The maximum atomic E-state index is 14.2. The highest BCUT2D eigenvalue weighted by atomic mass is 32.2. The summed E-state index contributed by atoms with van der Waals surface area (Å²) in [6.07, 6.45) is 2.06. The lowest BCUT2D eigenvalue weighted by Crippen LogP contribution is -2.38. The third-order valence-electron chi connectivity index (χ3n) is 5.90. The first-order valence-corrected chi connectivity index (χ1v) is 12.3. The number of carbonyl (C=O) groups excluding carboxylic acids is 1. The Morgan fingerprint density at radius 1 is 1.18 bits per heavy atom. The number of hydrogen-bond donors (Lipinski definition) is 0. The Hall–Kier alpha value is -2.91. The van der Waals surface area contributed by atoms with E-state index in [9.17, 15) is 9.18 Å². The highest BCUT2D eigenvalue weighted by molar-refractivity contribution is 7.99. The number of ether oxygens (including phenoxy) is 1. The third-order valence-corrected chi connectivity index (χ3v) is 6.91. The molecule has 34 heavy (non-hydrogen) atoms. The normalized spacial score (nSPS) is 15.5. The number of nitrogens with zero attached hydrogens (tertiary/aromatic N) is 5. The lowest BCUT2D eigenvalue weighted by atomic mass is 10.1. The number of halogens is 1. The lowest BCUT2D eigenvalue weighted by molar-refractivity contribution is -0.130. The third kappa shape index (κ3) is 5.77. The molecule has 1 aromatic heterocycles. The van der Waals surface area contributed by atoms with E-state index < -0.39 is 0 Å². The first-order valence-electron chi connectivity index (χ1n) is 11.3. The van der Waals surface area contributed by atoms with Crippen LogP contribution in [0.3, 0.4) is 0 Å². The molecule has 2 heterocycles. The lowest BCUT2D eigenvalue weighted by Gasteiger charge is -2.26. The summed E-state index contributed by atoms with van der Waals surface area (Å²) >= 11 is 1.31. The number of hydrogen-bond acceptors (Lipinski definition) is 6. The van der Waals surface area contributed by atoms with Crippen LogP contribution in [0.2, 0.25) is 0 Å². The highest BCUT2D eigenvalue weighted by Gasteiger charge is 2.24. The van der Waals surface area contributed by atoms with Gasteiger partial charge in [0.1, 0.15) is 5.82 Å². The van der Waals surface area contributed by atoms with Crippen LogP contribution in [0.25, 0.3) is 11.4 Å². The summed E-state index contributed by atoms with van der Waals surface area (Å²) in [7, 11) is 5.79. The minimum atomic E-state index is -0.353. The van der Waals surface area contributed by atoms with Gasteiger partial charge < -0.3 is 19.1 Å². The molecule has 1 atom stereocenters. The zero-order valence-corrected chi connectivity index (χ0v) is 20.6. The van der Waals surface area contributed by atoms with Crippen molar-refractivity contribution in [1.29, 1.82) is 0 Å². The minimum Gasteiger partial charge on any atom is -0.378 e. The van der Waals surface area contributed by atoms with E-state index in [-0.39, 0.29) is 23.6 Å². The van der Waals surface area contributed by atoms with E-state index in [4.69, 9.17) is 4.74 Å². The van der Waals surface area contributed by atoms with Gasteiger partial charge in [-0.1, -0.05) is 36.0 Å². The summed E-state index contributed by atoms with van der Waals surface area (Å²) in [5.74, 6) is 0.303. The predicted molar refractivity (Wildman–Crippen MR) is 132 cm³/mol. The van der Waals surface area contributed by atoms with Gasteiger partial charge in [-0.25, -0.2) is 4.39 Å². The molecule has 1 saturated heterocycles. The summed E-state index contributed by atoms with van der Waals surface area (Å²) in [6, 6.07) is 14.7. The molecule has 1 aliphatic rings. The summed E-state index contributed by atoms with van der Waals surface area (Å²) in [4.78, 5) is 17.2. The first kappa shape index (κ1) is 24.2. The van der Waals surface area contributed by atoms with Crippen molar-refractivity contribution in [3.05, 3.63) is 59.9 Å². The van der Waals surface area contributed by atoms with Gasteiger partial charge in [0.2, 0.25) is 5.91 Å². The second-order valence-electron chi connectivity index (χ2n) is 8.60. The van der Waals surface area contributed by atoms with Gasteiger partial charge in [0.15, 0.2) is 11.0 Å². The van der Waals surface area contributed by atoms with Crippen LogP contribution in [0.15, 0.2) is 53.7 Å². The molecule has 3 aromatic rings. The number of carbonyl (C=O) groups is 1. The first-order chi connectivity index (χ1) is 16.4. The smallest absolute Gasteiger partial charge is 0.233 e. The van der Waals surface area contributed by atoms with Crippen molar-refractivity contribution >= 4 is 23.4 Å². The number of benzene rings is 2. The second kappa shape index (κ2) is 11.0. The van der Waals surface area contributed by atoms with Crippen LogP contribution in [0, 0.1) is 5.82 Å². The van der Waals surface area contributed by atoms with Gasteiger partial charge in [-0.2, -0.15) is 0 Å². The molecule has 180 valence electrons. The summed E-state index contributed by atoms with van der Waals surface area (Å²) in [6.45, 7) is 1.83. The SMILES string of the molecule is CN(C)c1ccc(CN(CC2CCCO2)C(=O)CSc2nnc(-c3ccccc3F)n2C)cc1. The van der Waals surface area contributed by atoms with Crippen molar-refractivity contribution in [2.45, 2.75) is 30.6 Å². The van der Waals surface area contributed by atoms with E-state index >= 15 is 0 Å². The van der Waals surface area contributed by atoms with Crippen LogP contribution in [0.1, 0.15) is 18.4 Å². The van der Waals surface area contributed by atoms with E-state index in [0.717, 1.165) is 30.7 Å². The molecule has 0 bridgehead atoms. The van der Waals surface area contributed by atoms with Crippen molar-refractivity contribution in [2.24, 2.45) is 7.05 Å². The Morgan fingerprint density at radius 2 is 1.94 bits per heavy atom. The molecular formula is C25H30FN5O2S. The van der Waals surface area contributed by atoms with Crippen molar-refractivity contribution in [3.63, 3.8) is 0 Å². The van der Waals surface area contributed by atoms with Crippen molar-refractivity contribution in [1.82, 2.24) is 19.7 Å². The summed E-state index contributed by atoms with van der Waals surface area (Å²) in [5.41, 5.74) is 2.57. The Bertz CT molecular complexity index is 1110. The quantitative estimate of drug-likeness (QED) is 0.429. The van der Waals surface area contributed by atoms with Crippen LogP contribution < -0.4 is 4.90 Å². The zero-order chi connectivity index (χ0) is 24.1. The maximum Gasteiger partial charge on any atom is 0.233 e. The van der Waals surface area contributed by atoms with E-state index in [2.05, 4.69) is 34.5 Å². The molecule has 4 rings (SSSR count). The molecule has 1 fully saturated rings. The van der Waals surface area contributed by atoms with Crippen LogP contribution >= 0.6 is 11.8 Å². The molecule has 1 aliphatic heterocycles. The standard InChI is InChI=1S/C25H30FN5O2S/c1-29(2)19-12-10-18(11-13-19)15-31(16-20-7-6-14-33-20)23(32)17-34-25-28-27-24(30(25)3)21-8-4-5-9-22(21)26/h4-5,8-13,20H,6-7,14-17H2,1-3H3. The maximum absolute atomic E-state index is 14.2. The Balaban J connectivity index is 1.44. The fourth-order valence-corrected chi connectivity index (χ4v) is 4.76. The van der Waals surface area contributed by atoms with Gasteiger partial charge in [0, 0.05) is 46.5 Å². The molecule has 0 saturated carbocycles. The van der Waals surface area contributed by atoms with E-state index in [1.807, 2.05) is 23.9 Å². The monoisotopic (exact) mass is 483 g/mol. The fourth-order valence-electron chi connectivity index (χ4n) is 3.94. The van der Waals surface area contributed by atoms with Crippen LogP contribution in [-0.2, 0) is 23.1 Å². The summed E-state index contributed by atoms with van der Waals surface area (Å²) < 4.78 is 21.7. The van der Waals surface area contributed by atoms with Crippen molar-refractivity contribution < 1.29 is 13.9 Å². The number of rotatable bonds is 9. The highest BCUT2D eigenvalue weighted by Crippen LogP contribution is 2.25. The van der Waals surface area contributed by atoms with Gasteiger partial charge in [-0.05, 0) is 42.7 Å². The number of aromatic nitrogens is 3. The van der Waals surface area contributed by atoms with E-state index in [0.29, 0.717) is 29.6 Å². The molecule has 1 amide bonds. The van der Waals surface area contributed by atoms with Gasteiger partial charge in [0.05, 0.1) is 17.4 Å². The second-order valence-corrected chi connectivity index (χ2v) is 9.55. The Morgan fingerprint density at radius 3 is 2.62 bits per heavy atom. The molecule has 2 aromatic carbocycles. The zero-order valence-electron chi connectivity index (χ0n) is 19.8. The molecule has 0 radical (unpaired) electrons. The van der Waals surface area contributed by atoms with E-state index in [1.54, 1.807) is 29.8 Å². The molecule has 1 unspecified atom stereocenters. The van der Waals surface area contributed by atoms with Gasteiger partial charge in [0.25, 0.3) is 0 Å². The number of anilines is 1. The van der Waals surface area contributed by atoms with Crippen molar-refractivity contribution in [3.8, 4) is 11.4 Å². The molecule has 7 nitrogen and oxygen atoms in total. The van der Waals surface area contributed by atoms with Crippen LogP contribution in [0.4, 0.5) is 10.1 Å². The largest absolute Gasteiger partial charge is 0.378 e. The average Bonchev–Trinajstić information content (AvgIpc) is 3.47. The summed E-state index contributed by atoms with van der Waals surface area (Å²) in [5, 5.41) is 8.90. The average molecular weight is 484 g/mol. The Labute approximate surface area is 203 Å². The topological polar surface area (TPSA) is 63.5 Å². The number of amides is 1. The molecule has 0 spiro atoms. The minimum absolute atomic E-state index is 0.00706. The van der Waals surface area contributed by atoms with Crippen LogP contribution in [-0.4, -0.2) is 64.7 Å².